The molecule has 1 aromatic carbocycles. The molecule has 0 spiro atoms. The normalized spacial score (nSPS) is 21.3. The van der Waals surface area contributed by atoms with Crippen LogP contribution in [-0.4, -0.2) is 29.1 Å². The summed E-state index contributed by atoms with van der Waals surface area (Å²) in [5.41, 5.74) is 7.84. The third kappa shape index (κ3) is 2.88. The highest BCUT2D eigenvalue weighted by atomic mass is 16.5. The van der Waals surface area contributed by atoms with E-state index in [1.54, 1.807) is 6.20 Å². The number of aromatic amines is 1. The molecule has 1 atom stereocenters. The molecule has 1 aliphatic rings. The largest absolute Gasteiger partial charge is 0.399 e. The first-order chi connectivity index (χ1) is 9.94. The molecule has 1 aromatic heterocycles. The van der Waals surface area contributed by atoms with Crippen molar-refractivity contribution in [3.8, 4) is 0 Å². The fraction of sp³-hybridized carbons (Fsp3) is 0.438. The summed E-state index contributed by atoms with van der Waals surface area (Å²) in [4.78, 5) is 15.6. The van der Waals surface area contributed by atoms with Crippen molar-refractivity contribution in [3.63, 3.8) is 0 Å². The van der Waals surface area contributed by atoms with Gasteiger partial charge in [-0.3, -0.25) is 4.79 Å². The number of amides is 1. The molecule has 0 saturated carbocycles. The lowest BCUT2D eigenvalue weighted by molar-refractivity contribution is -0.0615. The Hall–Kier alpha value is -2.01. The second-order valence-electron chi connectivity index (χ2n) is 6.28. The Balaban J connectivity index is 1.79. The maximum Gasteiger partial charge on any atom is 0.253 e. The molecule has 0 aliphatic carbocycles. The lowest BCUT2D eigenvalue weighted by Crippen LogP contribution is -2.45. The number of nitrogens with two attached hydrogens (primary N) is 1. The molecule has 3 rings (SSSR count). The van der Waals surface area contributed by atoms with E-state index in [1.165, 1.54) is 0 Å². The zero-order valence-electron chi connectivity index (χ0n) is 12.4. The molecule has 0 bridgehead atoms. The van der Waals surface area contributed by atoms with Crippen LogP contribution in [0.4, 0.5) is 5.69 Å². The van der Waals surface area contributed by atoms with Crippen LogP contribution in [0.2, 0.25) is 0 Å². The number of ether oxygens (including phenoxy) is 1. The van der Waals surface area contributed by atoms with Crippen molar-refractivity contribution < 1.29 is 9.53 Å². The molecular formula is C16H21N3O2. The van der Waals surface area contributed by atoms with Crippen LogP contribution >= 0.6 is 0 Å². The zero-order valence-corrected chi connectivity index (χ0v) is 12.4. The van der Waals surface area contributed by atoms with Crippen molar-refractivity contribution >= 4 is 22.5 Å². The second-order valence-corrected chi connectivity index (χ2v) is 6.28. The van der Waals surface area contributed by atoms with Crippen LogP contribution in [0.25, 0.3) is 10.9 Å². The van der Waals surface area contributed by atoms with Crippen molar-refractivity contribution in [1.82, 2.24) is 10.3 Å². The van der Waals surface area contributed by atoms with E-state index in [0.717, 1.165) is 23.7 Å². The molecular weight excluding hydrogens is 266 g/mol. The number of rotatable bonds is 2. The minimum Gasteiger partial charge on any atom is -0.399 e. The topological polar surface area (TPSA) is 80.1 Å². The Labute approximate surface area is 123 Å². The molecule has 1 fully saturated rings. The van der Waals surface area contributed by atoms with Crippen LogP contribution in [0, 0.1) is 0 Å². The molecule has 0 radical (unpaired) electrons. The van der Waals surface area contributed by atoms with Gasteiger partial charge in [-0.2, -0.15) is 0 Å². The van der Waals surface area contributed by atoms with Crippen LogP contribution in [0.5, 0.6) is 0 Å². The summed E-state index contributed by atoms with van der Waals surface area (Å²) in [6.07, 6.45) is 3.41. The second kappa shape index (κ2) is 5.07. The van der Waals surface area contributed by atoms with E-state index < -0.39 is 0 Å². The van der Waals surface area contributed by atoms with E-state index in [4.69, 9.17) is 10.5 Å². The summed E-state index contributed by atoms with van der Waals surface area (Å²) >= 11 is 0. The van der Waals surface area contributed by atoms with Gasteiger partial charge in [-0.1, -0.05) is 0 Å². The lowest BCUT2D eigenvalue weighted by atomic mass is 9.94. The van der Waals surface area contributed by atoms with Crippen LogP contribution in [0.1, 0.15) is 37.0 Å². The quantitative estimate of drug-likeness (QED) is 0.742. The first-order valence-corrected chi connectivity index (χ1v) is 7.26. The van der Waals surface area contributed by atoms with Crippen LogP contribution in [-0.2, 0) is 4.74 Å². The first-order valence-electron chi connectivity index (χ1n) is 7.26. The van der Waals surface area contributed by atoms with Gasteiger partial charge in [0.2, 0.25) is 0 Å². The van der Waals surface area contributed by atoms with Gasteiger partial charge in [0.15, 0.2) is 0 Å². The van der Waals surface area contributed by atoms with Gasteiger partial charge < -0.3 is 20.8 Å². The number of aromatic nitrogens is 1. The molecule has 2 aromatic rings. The van der Waals surface area contributed by atoms with Gasteiger partial charge in [-0.15, -0.1) is 0 Å². The summed E-state index contributed by atoms with van der Waals surface area (Å²) in [5, 5.41) is 3.97. The van der Waals surface area contributed by atoms with E-state index in [2.05, 4.69) is 24.1 Å². The van der Waals surface area contributed by atoms with Crippen molar-refractivity contribution in [3.05, 3.63) is 30.0 Å². The van der Waals surface area contributed by atoms with Crippen molar-refractivity contribution in [2.75, 3.05) is 12.3 Å². The number of anilines is 1. The summed E-state index contributed by atoms with van der Waals surface area (Å²) in [6, 6.07) is 5.68. The maximum absolute atomic E-state index is 12.5. The highest BCUT2D eigenvalue weighted by Crippen LogP contribution is 2.25. The Morgan fingerprint density at radius 1 is 1.48 bits per heavy atom. The SMILES string of the molecule is CC1(C)CC(NC(=O)c2c[nH]c3ccc(N)cc23)CCO1. The molecule has 5 nitrogen and oxygen atoms in total. The van der Waals surface area contributed by atoms with Gasteiger partial charge in [0.05, 0.1) is 11.2 Å². The molecule has 1 saturated heterocycles. The molecule has 112 valence electrons. The maximum atomic E-state index is 12.5. The van der Waals surface area contributed by atoms with Crippen molar-refractivity contribution in [2.45, 2.75) is 38.3 Å². The number of nitrogen functional groups attached to an aromatic ring is 1. The predicted molar refractivity (Wildman–Crippen MR) is 83.2 cm³/mol. The Kier molecular flexibility index (Phi) is 3.37. The minimum absolute atomic E-state index is 0.0606. The fourth-order valence-corrected chi connectivity index (χ4v) is 2.94. The molecule has 4 N–H and O–H groups in total. The van der Waals surface area contributed by atoms with Gasteiger partial charge in [-0.05, 0) is 44.9 Å². The number of benzene rings is 1. The van der Waals surface area contributed by atoms with Crippen molar-refractivity contribution in [2.24, 2.45) is 0 Å². The zero-order chi connectivity index (χ0) is 15.0. The van der Waals surface area contributed by atoms with E-state index in [-0.39, 0.29) is 17.6 Å². The van der Waals surface area contributed by atoms with E-state index in [9.17, 15) is 4.79 Å². The van der Waals surface area contributed by atoms with Gasteiger partial charge in [0.25, 0.3) is 5.91 Å². The average molecular weight is 287 g/mol. The number of nitrogens with one attached hydrogen (secondary N) is 2. The van der Waals surface area contributed by atoms with Crippen LogP contribution in [0.15, 0.2) is 24.4 Å². The van der Waals surface area contributed by atoms with Gasteiger partial charge >= 0.3 is 0 Å². The Bertz CT molecular complexity index is 675. The van der Waals surface area contributed by atoms with Gasteiger partial charge in [0.1, 0.15) is 0 Å². The summed E-state index contributed by atoms with van der Waals surface area (Å²) in [6.45, 7) is 4.79. The number of carbonyl (C=O) groups excluding carboxylic acids is 1. The molecule has 1 unspecified atom stereocenters. The molecule has 5 heteroatoms. The lowest BCUT2D eigenvalue weighted by Gasteiger charge is -2.35. The summed E-state index contributed by atoms with van der Waals surface area (Å²) in [7, 11) is 0. The Morgan fingerprint density at radius 2 is 2.29 bits per heavy atom. The summed E-state index contributed by atoms with van der Waals surface area (Å²) < 4.78 is 5.68. The predicted octanol–water partition coefficient (Wildman–Crippen LogP) is 2.44. The standard InChI is InChI=1S/C16H21N3O2/c1-16(2)8-11(5-6-21-16)19-15(20)13-9-18-14-4-3-10(17)7-12(13)14/h3-4,7,9,11,18H,5-6,8,17H2,1-2H3,(H,19,20). The molecule has 2 heterocycles. The van der Waals surface area contributed by atoms with E-state index in [0.29, 0.717) is 17.9 Å². The van der Waals surface area contributed by atoms with E-state index >= 15 is 0 Å². The average Bonchev–Trinajstić information content (AvgIpc) is 2.80. The first kappa shape index (κ1) is 13.9. The number of fused-ring (bicyclic) bond motifs is 1. The van der Waals surface area contributed by atoms with E-state index in [1.807, 2.05) is 18.2 Å². The van der Waals surface area contributed by atoms with Crippen LogP contribution < -0.4 is 11.1 Å². The third-order valence-corrected chi connectivity index (χ3v) is 3.98. The summed E-state index contributed by atoms with van der Waals surface area (Å²) in [5.74, 6) is -0.0606. The third-order valence-electron chi connectivity index (χ3n) is 3.98. The number of hydrogen-bond acceptors (Lipinski definition) is 3. The molecule has 21 heavy (non-hydrogen) atoms. The molecule has 1 aliphatic heterocycles. The Morgan fingerprint density at radius 3 is 3.05 bits per heavy atom. The smallest absolute Gasteiger partial charge is 0.253 e. The van der Waals surface area contributed by atoms with Gasteiger partial charge in [-0.25, -0.2) is 0 Å². The highest BCUT2D eigenvalue weighted by molar-refractivity contribution is 6.07. The highest BCUT2D eigenvalue weighted by Gasteiger charge is 2.30. The number of hydrogen-bond donors (Lipinski definition) is 3. The van der Waals surface area contributed by atoms with Gasteiger partial charge in [0, 0.05) is 35.4 Å². The number of carbonyl (C=O) groups is 1. The minimum atomic E-state index is -0.180. The monoisotopic (exact) mass is 287 g/mol. The van der Waals surface area contributed by atoms with Crippen LogP contribution in [0.3, 0.4) is 0 Å². The molecule has 1 amide bonds. The van der Waals surface area contributed by atoms with Crippen molar-refractivity contribution in [1.29, 1.82) is 0 Å². The fourth-order valence-electron chi connectivity index (χ4n) is 2.94. The number of H-pyrrole nitrogens is 1.